The molecule has 0 radical (unpaired) electrons. The Hall–Kier alpha value is -0.770. The zero-order valence-electron chi connectivity index (χ0n) is 10.5. The molecule has 0 saturated carbocycles. The minimum Gasteiger partial charge on any atom is -0.338 e. The second kappa shape index (κ2) is 4.00. The molecule has 1 saturated heterocycles. The Morgan fingerprint density at radius 2 is 2.00 bits per heavy atom. The monoisotopic (exact) mass is 213 g/mol. The highest BCUT2D eigenvalue weighted by Crippen LogP contribution is 2.23. The standard InChI is InChI=1S/C11H23N3O/c1-6-12-9(15)14-8-10(2,3)13-7-11(14,4)5/h13H,6-8H2,1-5H3,(H,12,15). The van der Waals surface area contributed by atoms with Crippen molar-refractivity contribution in [3.8, 4) is 0 Å². The van der Waals surface area contributed by atoms with Crippen molar-refractivity contribution in [2.75, 3.05) is 19.6 Å². The Labute approximate surface area is 92.4 Å². The molecule has 0 spiro atoms. The highest BCUT2D eigenvalue weighted by molar-refractivity contribution is 5.75. The van der Waals surface area contributed by atoms with E-state index in [0.29, 0.717) is 6.54 Å². The van der Waals surface area contributed by atoms with Crippen LogP contribution in [0.4, 0.5) is 4.79 Å². The first-order valence-corrected chi connectivity index (χ1v) is 5.59. The van der Waals surface area contributed by atoms with Gasteiger partial charge in [0.05, 0.1) is 5.54 Å². The van der Waals surface area contributed by atoms with Crippen LogP contribution in [-0.4, -0.2) is 41.6 Å². The maximum absolute atomic E-state index is 11.9. The highest BCUT2D eigenvalue weighted by atomic mass is 16.2. The van der Waals surface area contributed by atoms with Crippen LogP contribution >= 0.6 is 0 Å². The van der Waals surface area contributed by atoms with Crippen LogP contribution in [0.2, 0.25) is 0 Å². The van der Waals surface area contributed by atoms with E-state index in [1.54, 1.807) is 0 Å². The fraction of sp³-hybridized carbons (Fsp3) is 0.909. The van der Waals surface area contributed by atoms with Crippen LogP contribution in [0.3, 0.4) is 0 Å². The normalized spacial score (nSPS) is 23.7. The molecule has 0 aromatic heterocycles. The molecule has 4 heteroatoms. The predicted octanol–water partition coefficient (Wildman–Crippen LogP) is 1.18. The van der Waals surface area contributed by atoms with Crippen molar-refractivity contribution in [3.63, 3.8) is 0 Å². The lowest BCUT2D eigenvalue weighted by Crippen LogP contribution is -2.68. The SMILES string of the molecule is CCNC(=O)N1CC(C)(C)NCC1(C)C. The van der Waals surface area contributed by atoms with E-state index >= 15 is 0 Å². The van der Waals surface area contributed by atoms with Crippen molar-refractivity contribution in [1.82, 2.24) is 15.5 Å². The van der Waals surface area contributed by atoms with Gasteiger partial charge in [-0.3, -0.25) is 0 Å². The molecule has 0 unspecified atom stereocenters. The van der Waals surface area contributed by atoms with Crippen LogP contribution in [0.5, 0.6) is 0 Å². The Kier molecular flexibility index (Phi) is 3.28. The van der Waals surface area contributed by atoms with Crippen molar-refractivity contribution in [1.29, 1.82) is 0 Å². The molecule has 15 heavy (non-hydrogen) atoms. The smallest absolute Gasteiger partial charge is 0.317 e. The number of urea groups is 1. The van der Waals surface area contributed by atoms with E-state index in [4.69, 9.17) is 0 Å². The number of hydrogen-bond donors (Lipinski definition) is 2. The van der Waals surface area contributed by atoms with Crippen LogP contribution in [-0.2, 0) is 0 Å². The molecule has 0 aromatic carbocycles. The van der Waals surface area contributed by atoms with Gasteiger partial charge in [0.1, 0.15) is 0 Å². The van der Waals surface area contributed by atoms with Gasteiger partial charge in [-0.2, -0.15) is 0 Å². The minimum atomic E-state index is -0.116. The molecule has 88 valence electrons. The van der Waals surface area contributed by atoms with E-state index in [1.807, 2.05) is 11.8 Å². The van der Waals surface area contributed by atoms with Crippen molar-refractivity contribution < 1.29 is 4.79 Å². The fourth-order valence-electron chi connectivity index (χ4n) is 1.81. The van der Waals surface area contributed by atoms with Crippen LogP contribution in [0.15, 0.2) is 0 Å². The summed E-state index contributed by atoms with van der Waals surface area (Å²) >= 11 is 0. The van der Waals surface area contributed by atoms with Gasteiger partial charge in [-0.25, -0.2) is 4.79 Å². The summed E-state index contributed by atoms with van der Waals surface area (Å²) in [6.45, 7) is 12.6. The summed E-state index contributed by atoms with van der Waals surface area (Å²) in [5.74, 6) is 0. The van der Waals surface area contributed by atoms with Gasteiger partial charge in [0.2, 0.25) is 0 Å². The number of hydrogen-bond acceptors (Lipinski definition) is 2. The first-order chi connectivity index (χ1) is 6.78. The van der Waals surface area contributed by atoms with Gasteiger partial charge in [-0.1, -0.05) is 0 Å². The van der Waals surface area contributed by atoms with Gasteiger partial charge < -0.3 is 15.5 Å². The summed E-state index contributed by atoms with van der Waals surface area (Å²) in [5.41, 5.74) is -0.116. The number of nitrogens with one attached hydrogen (secondary N) is 2. The third-order valence-corrected chi connectivity index (χ3v) is 2.86. The first-order valence-electron chi connectivity index (χ1n) is 5.59. The van der Waals surface area contributed by atoms with Gasteiger partial charge >= 0.3 is 6.03 Å². The van der Waals surface area contributed by atoms with Crippen LogP contribution in [0.25, 0.3) is 0 Å². The predicted molar refractivity (Wildman–Crippen MR) is 61.9 cm³/mol. The van der Waals surface area contributed by atoms with Crippen LogP contribution in [0, 0.1) is 0 Å². The zero-order valence-corrected chi connectivity index (χ0v) is 10.5. The molecular weight excluding hydrogens is 190 g/mol. The summed E-state index contributed by atoms with van der Waals surface area (Å²) in [6, 6.07) is 0.0390. The third kappa shape index (κ3) is 2.84. The molecule has 0 bridgehead atoms. The fourth-order valence-corrected chi connectivity index (χ4v) is 1.81. The molecule has 2 amide bonds. The molecule has 2 N–H and O–H groups in total. The number of nitrogens with zero attached hydrogens (tertiary/aromatic N) is 1. The summed E-state index contributed by atoms with van der Waals surface area (Å²) < 4.78 is 0. The van der Waals surface area contributed by atoms with E-state index in [-0.39, 0.29) is 17.1 Å². The van der Waals surface area contributed by atoms with Gasteiger partial charge in [0, 0.05) is 25.2 Å². The molecule has 1 rings (SSSR count). The molecule has 1 heterocycles. The van der Waals surface area contributed by atoms with Gasteiger partial charge in [0.25, 0.3) is 0 Å². The summed E-state index contributed by atoms with van der Waals surface area (Å²) in [7, 11) is 0. The van der Waals surface area contributed by atoms with Gasteiger partial charge in [0.15, 0.2) is 0 Å². The second-order valence-electron chi connectivity index (χ2n) is 5.47. The average Bonchev–Trinajstić information content (AvgIpc) is 2.10. The minimum absolute atomic E-state index is 0.000597. The van der Waals surface area contributed by atoms with E-state index in [2.05, 4.69) is 38.3 Å². The number of amides is 2. The Balaban J connectivity index is 2.77. The molecule has 1 aliphatic heterocycles. The summed E-state index contributed by atoms with van der Waals surface area (Å²) in [4.78, 5) is 13.8. The highest BCUT2D eigenvalue weighted by Gasteiger charge is 2.39. The third-order valence-electron chi connectivity index (χ3n) is 2.86. The summed E-state index contributed by atoms with van der Waals surface area (Å²) in [5, 5.41) is 6.32. The number of rotatable bonds is 1. The quantitative estimate of drug-likeness (QED) is 0.687. The first kappa shape index (κ1) is 12.3. The van der Waals surface area contributed by atoms with Crippen molar-refractivity contribution in [2.45, 2.75) is 45.7 Å². The number of carbonyl (C=O) groups excluding carboxylic acids is 1. The molecule has 0 aromatic rings. The maximum Gasteiger partial charge on any atom is 0.317 e. The zero-order chi connectivity index (χ0) is 11.7. The molecule has 1 aliphatic rings. The van der Waals surface area contributed by atoms with E-state index in [1.165, 1.54) is 0 Å². The largest absolute Gasteiger partial charge is 0.338 e. The van der Waals surface area contributed by atoms with Crippen LogP contribution in [0.1, 0.15) is 34.6 Å². The lowest BCUT2D eigenvalue weighted by atomic mass is 9.92. The molecule has 4 nitrogen and oxygen atoms in total. The van der Waals surface area contributed by atoms with Gasteiger partial charge in [-0.15, -0.1) is 0 Å². The van der Waals surface area contributed by atoms with Crippen LogP contribution < -0.4 is 10.6 Å². The Bertz CT molecular complexity index is 248. The molecule has 1 fully saturated rings. The van der Waals surface area contributed by atoms with Crippen molar-refractivity contribution >= 4 is 6.03 Å². The van der Waals surface area contributed by atoms with E-state index in [9.17, 15) is 4.79 Å². The van der Waals surface area contributed by atoms with Crippen molar-refractivity contribution in [2.24, 2.45) is 0 Å². The second-order valence-corrected chi connectivity index (χ2v) is 5.47. The topological polar surface area (TPSA) is 44.4 Å². The van der Waals surface area contributed by atoms with Gasteiger partial charge in [-0.05, 0) is 34.6 Å². The lowest BCUT2D eigenvalue weighted by Gasteiger charge is -2.49. The van der Waals surface area contributed by atoms with E-state index in [0.717, 1.165) is 13.1 Å². The Morgan fingerprint density at radius 1 is 1.40 bits per heavy atom. The maximum atomic E-state index is 11.9. The molecule has 0 aliphatic carbocycles. The average molecular weight is 213 g/mol. The van der Waals surface area contributed by atoms with Crippen molar-refractivity contribution in [3.05, 3.63) is 0 Å². The molecule has 0 atom stereocenters. The number of piperazine rings is 1. The Morgan fingerprint density at radius 3 is 2.53 bits per heavy atom. The molecular formula is C11H23N3O. The number of carbonyl (C=O) groups is 1. The van der Waals surface area contributed by atoms with E-state index < -0.39 is 0 Å². The lowest BCUT2D eigenvalue weighted by molar-refractivity contribution is 0.0682. The summed E-state index contributed by atoms with van der Waals surface area (Å²) in [6.07, 6.45) is 0.